The highest BCUT2D eigenvalue weighted by Gasteiger charge is 2.47. The van der Waals surface area contributed by atoms with E-state index in [1.165, 1.54) is 4.90 Å². The quantitative estimate of drug-likeness (QED) is 0.651. The Hall–Kier alpha value is -3.21. The molecule has 0 spiro atoms. The van der Waals surface area contributed by atoms with E-state index in [0.29, 0.717) is 24.1 Å². The van der Waals surface area contributed by atoms with Gasteiger partial charge in [-0.15, -0.1) is 0 Å². The molecule has 0 saturated carbocycles. The number of aryl methyl sites for hydroxylation is 1. The molecule has 0 radical (unpaired) electrons. The number of imide groups is 1. The Morgan fingerprint density at radius 1 is 1.00 bits per heavy atom. The van der Waals surface area contributed by atoms with Crippen LogP contribution < -0.4 is 10.2 Å². The number of carbonyl (C=O) groups excluding carboxylic acids is 3. The van der Waals surface area contributed by atoms with Crippen LogP contribution in [0, 0.1) is 11.8 Å². The van der Waals surface area contributed by atoms with E-state index in [9.17, 15) is 14.4 Å². The Morgan fingerprint density at radius 2 is 1.68 bits per heavy atom. The molecule has 2 aliphatic rings. The van der Waals surface area contributed by atoms with Crippen LogP contribution in [0.5, 0.6) is 0 Å². The molecule has 28 heavy (non-hydrogen) atoms. The van der Waals surface area contributed by atoms with E-state index in [-0.39, 0.29) is 29.6 Å². The van der Waals surface area contributed by atoms with Crippen LogP contribution in [-0.4, -0.2) is 17.7 Å². The number of allylic oxidation sites excluding steroid dienone is 2. The molecule has 142 valence electrons. The molecule has 1 aliphatic heterocycles. The van der Waals surface area contributed by atoms with Crippen LogP contribution in [0.1, 0.15) is 35.7 Å². The number of nitrogens with zero attached hydrogens (tertiary/aromatic N) is 1. The van der Waals surface area contributed by atoms with Crippen molar-refractivity contribution in [3.05, 3.63) is 71.8 Å². The van der Waals surface area contributed by atoms with E-state index in [2.05, 4.69) is 5.32 Å². The van der Waals surface area contributed by atoms with Gasteiger partial charge in [0, 0.05) is 11.3 Å². The summed E-state index contributed by atoms with van der Waals surface area (Å²) in [6, 6.07) is 14.4. The number of nitrogens with one attached hydrogen (secondary N) is 1. The first-order valence-corrected chi connectivity index (χ1v) is 9.62. The third-order valence-electron chi connectivity index (χ3n) is 5.52. The van der Waals surface area contributed by atoms with Gasteiger partial charge in [0.05, 0.1) is 17.5 Å². The van der Waals surface area contributed by atoms with Crippen molar-refractivity contribution in [1.29, 1.82) is 0 Å². The van der Waals surface area contributed by atoms with Crippen molar-refractivity contribution in [3.63, 3.8) is 0 Å². The van der Waals surface area contributed by atoms with Crippen LogP contribution in [0.25, 0.3) is 0 Å². The highest BCUT2D eigenvalue weighted by Crippen LogP contribution is 2.37. The summed E-state index contributed by atoms with van der Waals surface area (Å²) in [6.07, 6.45) is 5.93. The van der Waals surface area contributed by atoms with Crippen LogP contribution in [0.15, 0.2) is 60.7 Å². The number of benzene rings is 2. The molecule has 1 saturated heterocycles. The van der Waals surface area contributed by atoms with Crippen LogP contribution in [0.4, 0.5) is 11.4 Å². The monoisotopic (exact) mass is 374 g/mol. The van der Waals surface area contributed by atoms with Gasteiger partial charge in [-0.05, 0) is 49.1 Å². The Kier molecular flexibility index (Phi) is 4.82. The molecule has 0 bridgehead atoms. The van der Waals surface area contributed by atoms with Gasteiger partial charge < -0.3 is 5.32 Å². The normalized spacial score (nSPS) is 21.0. The zero-order chi connectivity index (χ0) is 19.7. The minimum atomic E-state index is -0.286. The first-order valence-electron chi connectivity index (χ1n) is 9.62. The second-order valence-corrected chi connectivity index (χ2v) is 7.18. The molecule has 2 aromatic rings. The third kappa shape index (κ3) is 3.13. The van der Waals surface area contributed by atoms with E-state index in [1.54, 1.807) is 24.3 Å². The van der Waals surface area contributed by atoms with Gasteiger partial charge in [-0.2, -0.15) is 0 Å². The summed E-state index contributed by atoms with van der Waals surface area (Å²) >= 11 is 0. The number of amides is 3. The molecule has 0 unspecified atom stereocenters. The standard InChI is InChI=1S/C23H22N2O3/c1-2-15-8-3-6-13-20(15)24-21(26)16-9-7-10-17(14-16)25-22(27)18-11-4-5-12-19(18)23(25)28/h3-10,13-14,18-19H,2,11-12H2,1H3,(H,24,26)/t18-,19-/m1/s1. The van der Waals surface area contributed by atoms with Crippen molar-refractivity contribution < 1.29 is 14.4 Å². The molecule has 0 aromatic heterocycles. The van der Waals surface area contributed by atoms with Gasteiger partial charge in [0.1, 0.15) is 0 Å². The summed E-state index contributed by atoms with van der Waals surface area (Å²) in [5.74, 6) is -1.18. The van der Waals surface area contributed by atoms with E-state index in [4.69, 9.17) is 0 Å². The lowest BCUT2D eigenvalue weighted by atomic mass is 9.85. The fourth-order valence-corrected chi connectivity index (χ4v) is 3.99. The van der Waals surface area contributed by atoms with Gasteiger partial charge in [0.25, 0.3) is 5.91 Å². The number of hydrogen-bond donors (Lipinski definition) is 1. The minimum Gasteiger partial charge on any atom is -0.322 e. The molecule has 2 aromatic carbocycles. The zero-order valence-corrected chi connectivity index (χ0v) is 15.7. The third-order valence-corrected chi connectivity index (χ3v) is 5.52. The minimum absolute atomic E-state index is 0.173. The summed E-state index contributed by atoms with van der Waals surface area (Å²) in [5.41, 5.74) is 2.69. The summed E-state index contributed by atoms with van der Waals surface area (Å²) in [6.45, 7) is 2.03. The summed E-state index contributed by atoms with van der Waals surface area (Å²) < 4.78 is 0. The Labute approximate surface area is 164 Å². The number of fused-ring (bicyclic) bond motifs is 1. The lowest BCUT2D eigenvalue weighted by molar-refractivity contribution is -0.122. The lowest BCUT2D eigenvalue weighted by Gasteiger charge is -2.16. The molecule has 2 atom stereocenters. The van der Waals surface area contributed by atoms with E-state index in [0.717, 1.165) is 17.7 Å². The molecule has 1 aliphatic carbocycles. The lowest BCUT2D eigenvalue weighted by Crippen LogP contribution is -2.31. The van der Waals surface area contributed by atoms with Gasteiger partial charge in [-0.1, -0.05) is 43.3 Å². The Morgan fingerprint density at radius 3 is 2.36 bits per heavy atom. The largest absolute Gasteiger partial charge is 0.322 e. The number of anilines is 2. The molecule has 5 nitrogen and oxygen atoms in total. The van der Waals surface area contributed by atoms with Crippen LogP contribution in [0.2, 0.25) is 0 Å². The first-order chi connectivity index (χ1) is 13.6. The van der Waals surface area contributed by atoms with Crippen LogP contribution in [0.3, 0.4) is 0 Å². The highest BCUT2D eigenvalue weighted by atomic mass is 16.2. The van der Waals surface area contributed by atoms with Crippen molar-refractivity contribution >= 4 is 29.1 Å². The average Bonchev–Trinajstić information content (AvgIpc) is 2.99. The number of para-hydroxylation sites is 1. The Balaban J connectivity index is 1.59. The molecule has 1 N–H and O–H groups in total. The van der Waals surface area contributed by atoms with E-state index < -0.39 is 0 Å². The number of hydrogen-bond acceptors (Lipinski definition) is 3. The second-order valence-electron chi connectivity index (χ2n) is 7.18. The Bertz CT molecular complexity index is 953. The molecule has 1 fully saturated rings. The molecular formula is C23H22N2O3. The van der Waals surface area contributed by atoms with E-state index in [1.807, 2.05) is 43.3 Å². The van der Waals surface area contributed by atoms with Gasteiger partial charge in [0.15, 0.2) is 0 Å². The average molecular weight is 374 g/mol. The first kappa shape index (κ1) is 18.2. The van der Waals surface area contributed by atoms with E-state index >= 15 is 0 Å². The van der Waals surface area contributed by atoms with Crippen molar-refractivity contribution in [1.82, 2.24) is 0 Å². The maximum Gasteiger partial charge on any atom is 0.255 e. The molecule has 4 rings (SSSR count). The zero-order valence-electron chi connectivity index (χ0n) is 15.7. The fourth-order valence-electron chi connectivity index (χ4n) is 3.99. The van der Waals surface area contributed by atoms with Crippen molar-refractivity contribution in [3.8, 4) is 0 Å². The highest BCUT2D eigenvalue weighted by molar-refractivity contribution is 6.22. The van der Waals surface area contributed by atoms with Crippen LogP contribution in [-0.2, 0) is 16.0 Å². The van der Waals surface area contributed by atoms with Gasteiger partial charge in [-0.3, -0.25) is 19.3 Å². The molecule has 1 heterocycles. The second kappa shape index (κ2) is 7.43. The van der Waals surface area contributed by atoms with Gasteiger partial charge in [-0.25, -0.2) is 0 Å². The maximum atomic E-state index is 12.8. The van der Waals surface area contributed by atoms with Crippen molar-refractivity contribution in [2.24, 2.45) is 11.8 Å². The van der Waals surface area contributed by atoms with Crippen LogP contribution >= 0.6 is 0 Å². The fraction of sp³-hybridized carbons (Fsp3) is 0.261. The number of rotatable bonds is 4. The number of carbonyl (C=O) groups is 3. The molecule has 5 heteroatoms. The topological polar surface area (TPSA) is 66.5 Å². The molecular weight excluding hydrogens is 352 g/mol. The molecule has 3 amide bonds. The summed E-state index contributed by atoms with van der Waals surface area (Å²) in [7, 11) is 0. The predicted octanol–water partition coefficient (Wildman–Crippen LogP) is 3.96. The van der Waals surface area contributed by atoms with Gasteiger partial charge >= 0.3 is 0 Å². The van der Waals surface area contributed by atoms with Gasteiger partial charge in [0.2, 0.25) is 11.8 Å². The predicted molar refractivity (Wildman–Crippen MR) is 108 cm³/mol. The van der Waals surface area contributed by atoms with Crippen molar-refractivity contribution in [2.45, 2.75) is 26.2 Å². The smallest absolute Gasteiger partial charge is 0.255 e. The summed E-state index contributed by atoms with van der Waals surface area (Å²) in [4.78, 5) is 39.6. The maximum absolute atomic E-state index is 12.8. The SMILES string of the molecule is CCc1ccccc1NC(=O)c1cccc(N2C(=O)[C@@H]3CC=CC[C@H]3C2=O)c1. The summed E-state index contributed by atoms with van der Waals surface area (Å²) in [5, 5.41) is 2.93. The van der Waals surface area contributed by atoms with Crippen molar-refractivity contribution in [2.75, 3.05) is 10.2 Å².